The summed E-state index contributed by atoms with van der Waals surface area (Å²) in [6, 6.07) is 2.67. The Morgan fingerprint density at radius 1 is 0.619 bits per heavy atom. The third-order valence-electron chi connectivity index (χ3n) is 4.93. The Bertz CT molecular complexity index is 235. The lowest BCUT2D eigenvalue weighted by Gasteiger charge is -2.25. The highest BCUT2D eigenvalue weighted by molar-refractivity contribution is 4.97. The van der Waals surface area contributed by atoms with Crippen molar-refractivity contribution in [3.05, 3.63) is 0 Å². The first-order chi connectivity index (χ1) is 10.2. The fourth-order valence-electron chi connectivity index (χ4n) is 3.16. The maximum atomic E-state index is 9.61. The van der Waals surface area contributed by atoms with Gasteiger partial charge in [0.25, 0.3) is 0 Å². The first kappa shape index (κ1) is 20.5. The minimum atomic E-state index is -0.0183. The molecule has 0 fully saturated rings. The van der Waals surface area contributed by atoms with Crippen LogP contribution in [-0.4, -0.2) is 0 Å². The molecule has 0 radical (unpaired) electrons. The van der Waals surface area contributed by atoms with Gasteiger partial charge in [0.15, 0.2) is 0 Å². The summed E-state index contributed by atoms with van der Waals surface area (Å²) in [5.41, 5.74) is -0.0183. The lowest BCUT2D eigenvalue weighted by molar-refractivity contribution is 0.296. The Balaban J connectivity index is 3.82. The molecule has 0 unspecified atom stereocenters. The molecule has 0 aromatic carbocycles. The molecule has 0 saturated heterocycles. The van der Waals surface area contributed by atoms with Crippen molar-refractivity contribution < 1.29 is 0 Å². The molecule has 21 heavy (non-hydrogen) atoms. The second-order valence-corrected chi connectivity index (χ2v) is 6.78. The predicted octanol–water partition coefficient (Wildman–Crippen LogP) is 7.41. The van der Waals surface area contributed by atoms with Crippen LogP contribution in [0.25, 0.3) is 0 Å². The number of nitrogens with zero attached hydrogens (tertiary/aromatic N) is 1. The van der Waals surface area contributed by atoms with Gasteiger partial charge in [0, 0.05) is 0 Å². The van der Waals surface area contributed by atoms with Crippen molar-refractivity contribution in [1.82, 2.24) is 0 Å². The van der Waals surface area contributed by atoms with Gasteiger partial charge in [-0.3, -0.25) is 0 Å². The van der Waals surface area contributed by atoms with Crippen molar-refractivity contribution in [3.63, 3.8) is 0 Å². The number of rotatable bonds is 15. The number of nitriles is 1. The van der Waals surface area contributed by atoms with Crippen LogP contribution in [0, 0.1) is 16.7 Å². The van der Waals surface area contributed by atoms with Crippen LogP contribution < -0.4 is 0 Å². The van der Waals surface area contributed by atoms with E-state index >= 15 is 0 Å². The standard InChI is InChI=1S/C20H39N/c1-4-7-9-11-13-15-17-20(6-3,19-21)18-16-14-12-10-8-5-2/h4-18H2,1-3H3. The van der Waals surface area contributed by atoms with E-state index in [1.807, 2.05) is 0 Å². The quantitative estimate of drug-likeness (QED) is 0.288. The zero-order valence-corrected chi connectivity index (χ0v) is 15.1. The van der Waals surface area contributed by atoms with Crippen molar-refractivity contribution in [2.45, 2.75) is 117 Å². The topological polar surface area (TPSA) is 23.8 Å². The summed E-state index contributed by atoms with van der Waals surface area (Å²) in [4.78, 5) is 0. The summed E-state index contributed by atoms with van der Waals surface area (Å²) in [6.45, 7) is 6.73. The number of unbranched alkanes of at least 4 members (excludes halogenated alkanes) is 10. The monoisotopic (exact) mass is 293 g/mol. The second-order valence-electron chi connectivity index (χ2n) is 6.78. The largest absolute Gasteiger partial charge is 0.198 e. The SMILES string of the molecule is CCCCCCCCC(C#N)(CC)CCCCCCCC. The molecule has 0 bridgehead atoms. The van der Waals surface area contributed by atoms with Crippen LogP contribution in [-0.2, 0) is 0 Å². The number of hydrogen-bond donors (Lipinski definition) is 0. The van der Waals surface area contributed by atoms with Gasteiger partial charge in [0.1, 0.15) is 0 Å². The van der Waals surface area contributed by atoms with E-state index < -0.39 is 0 Å². The summed E-state index contributed by atoms with van der Waals surface area (Å²) >= 11 is 0. The Hall–Kier alpha value is -0.510. The first-order valence-corrected chi connectivity index (χ1v) is 9.66. The normalized spacial score (nSPS) is 11.5. The van der Waals surface area contributed by atoms with Crippen molar-refractivity contribution in [2.75, 3.05) is 0 Å². The van der Waals surface area contributed by atoms with Crippen LogP contribution in [0.1, 0.15) is 117 Å². The van der Waals surface area contributed by atoms with Crippen molar-refractivity contribution in [3.8, 4) is 6.07 Å². The lowest BCUT2D eigenvalue weighted by atomic mass is 9.77. The van der Waals surface area contributed by atoms with Gasteiger partial charge in [-0.2, -0.15) is 5.26 Å². The Labute approximate surface area is 134 Å². The summed E-state index contributed by atoms with van der Waals surface area (Å²) in [6.07, 6.45) is 19.3. The van der Waals surface area contributed by atoms with E-state index in [9.17, 15) is 5.26 Å². The van der Waals surface area contributed by atoms with Crippen molar-refractivity contribution in [1.29, 1.82) is 5.26 Å². The average Bonchev–Trinajstić information content (AvgIpc) is 2.52. The van der Waals surface area contributed by atoms with E-state index in [1.54, 1.807) is 0 Å². The highest BCUT2D eigenvalue weighted by Gasteiger charge is 2.26. The van der Waals surface area contributed by atoms with Gasteiger partial charge in [-0.05, 0) is 19.3 Å². The van der Waals surface area contributed by atoms with E-state index in [0.717, 1.165) is 19.3 Å². The summed E-state index contributed by atoms with van der Waals surface area (Å²) in [5, 5.41) is 9.61. The van der Waals surface area contributed by atoms with Crippen molar-refractivity contribution >= 4 is 0 Å². The molecule has 0 saturated carbocycles. The maximum absolute atomic E-state index is 9.61. The van der Waals surface area contributed by atoms with Gasteiger partial charge in [-0.1, -0.05) is 97.8 Å². The van der Waals surface area contributed by atoms with E-state index in [0.29, 0.717) is 0 Å². The molecule has 0 aromatic heterocycles. The number of hydrogen-bond acceptors (Lipinski definition) is 1. The molecule has 0 aliphatic heterocycles. The van der Waals surface area contributed by atoms with Gasteiger partial charge in [0.2, 0.25) is 0 Å². The fraction of sp³-hybridized carbons (Fsp3) is 0.950. The highest BCUT2D eigenvalue weighted by Crippen LogP contribution is 2.34. The summed E-state index contributed by atoms with van der Waals surface area (Å²) < 4.78 is 0. The lowest BCUT2D eigenvalue weighted by Crippen LogP contribution is -2.17. The van der Waals surface area contributed by atoms with Crippen LogP contribution in [0.5, 0.6) is 0 Å². The molecular formula is C20H39N. The molecule has 0 amide bonds. The molecule has 0 aliphatic carbocycles. The third kappa shape index (κ3) is 10.8. The predicted molar refractivity (Wildman–Crippen MR) is 94.3 cm³/mol. The van der Waals surface area contributed by atoms with E-state index in [4.69, 9.17) is 0 Å². The molecule has 124 valence electrons. The molecular weight excluding hydrogens is 254 g/mol. The molecule has 1 nitrogen and oxygen atoms in total. The van der Waals surface area contributed by atoms with E-state index in [1.165, 1.54) is 77.0 Å². The molecule has 0 spiro atoms. The van der Waals surface area contributed by atoms with Gasteiger partial charge in [-0.25, -0.2) is 0 Å². The molecule has 1 heteroatoms. The van der Waals surface area contributed by atoms with E-state index in [-0.39, 0.29) is 5.41 Å². The minimum absolute atomic E-state index is 0.0183. The first-order valence-electron chi connectivity index (χ1n) is 9.66. The van der Waals surface area contributed by atoms with Gasteiger partial charge in [0.05, 0.1) is 11.5 Å². The van der Waals surface area contributed by atoms with E-state index in [2.05, 4.69) is 26.8 Å². The second kappa shape index (κ2) is 14.4. The van der Waals surface area contributed by atoms with Crippen LogP contribution in [0.4, 0.5) is 0 Å². The summed E-state index contributed by atoms with van der Waals surface area (Å²) in [7, 11) is 0. The van der Waals surface area contributed by atoms with Crippen LogP contribution in [0.15, 0.2) is 0 Å². The van der Waals surface area contributed by atoms with Crippen molar-refractivity contribution in [2.24, 2.45) is 5.41 Å². The fourth-order valence-corrected chi connectivity index (χ4v) is 3.16. The summed E-state index contributed by atoms with van der Waals surface area (Å²) in [5.74, 6) is 0. The zero-order valence-electron chi connectivity index (χ0n) is 15.1. The highest BCUT2D eigenvalue weighted by atomic mass is 14.4. The Morgan fingerprint density at radius 2 is 1.00 bits per heavy atom. The molecule has 0 heterocycles. The third-order valence-corrected chi connectivity index (χ3v) is 4.93. The molecule has 0 N–H and O–H groups in total. The smallest absolute Gasteiger partial charge is 0.0689 e. The maximum Gasteiger partial charge on any atom is 0.0689 e. The Kier molecular flexibility index (Phi) is 14.1. The van der Waals surface area contributed by atoms with Crippen LogP contribution >= 0.6 is 0 Å². The van der Waals surface area contributed by atoms with Gasteiger partial charge >= 0.3 is 0 Å². The van der Waals surface area contributed by atoms with Crippen LogP contribution in [0.3, 0.4) is 0 Å². The van der Waals surface area contributed by atoms with Gasteiger partial charge in [-0.15, -0.1) is 0 Å². The molecule has 0 aromatic rings. The average molecular weight is 294 g/mol. The zero-order chi connectivity index (χ0) is 15.8. The molecule has 0 aliphatic rings. The minimum Gasteiger partial charge on any atom is -0.198 e. The molecule has 0 rings (SSSR count). The Morgan fingerprint density at radius 3 is 1.33 bits per heavy atom. The molecule has 0 atom stereocenters. The van der Waals surface area contributed by atoms with Crippen LogP contribution in [0.2, 0.25) is 0 Å². The van der Waals surface area contributed by atoms with Gasteiger partial charge < -0.3 is 0 Å².